The Labute approximate surface area is 121 Å². The fraction of sp³-hybridized carbons (Fsp3) is 0.500. The lowest BCUT2D eigenvalue weighted by Gasteiger charge is -2.34. The van der Waals surface area contributed by atoms with Crippen LogP contribution in [0.5, 0.6) is 11.5 Å². The van der Waals surface area contributed by atoms with Gasteiger partial charge in [0, 0.05) is 32.2 Å². The highest BCUT2D eigenvalue weighted by Crippen LogP contribution is 2.42. The van der Waals surface area contributed by atoms with Gasteiger partial charge in [-0.3, -0.25) is 4.90 Å². The van der Waals surface area contributed by atoms with Crippen LogP contribution in [0.15, 0.2) is 18.2 Å². The average Bonchev–Trinajstić information content (AvgIpc) is 2.78. The van der Waals surface area contributed by atoms with Crippen molar-refractivity contribution in [2.45, 2.75) is 18.8 Å². The van der Waals surface area contributed by atoms with Crippen LogP contribution < -0.4 is 14.8 Å². The Hall–Kier alpha value is -1.91. The van der Waals surface area contributed by atoms with E-state index in [2.05, 4.69) is 25.8 Å². The summed E-state index contributed by atoms with van der Waals surface area (Å²) in [6.45, 7) is 3.34. The van der Waals surface area contributed by atoms with Gasteiger partial charge in [0.2, 0.25) is 0 Å². The molecule has 2 aliphatic heterocycles. The van der Waals surface area contributed by atoms with Gasteiger partial charge in [0.25, 0.3) is 0 Å². The molecule has 0 spiro atoms. The first-order chi connectivity index (χ1) is 10.1. The summed E-state index contributed by atoms with van der Waals surface area (Å²) in [6.07, 6.45) is -3.31. The second-order valence-corrected chi connectivity index (χ2v) is 5.04. The number of fused-ring (bicyclic) bond motifs is 1. The minimum absolute atomic E-state index is 0.0237. The fourth-order valence-corrected chi connectivity index (χ4v) is 2.71. The Morgan fingerprint density at radius 2 is 2.00 bits per heavy atom. The van der Waals surface area contributed by atoms with E-state index in [4.69, 9.17) is 5.26 Å². The Kier molecular flexibility index (Phi) is 3.66. The number of ether oxygens (including phenoxy) is 2. The number of nitriles is 1. The van der Waals surface area contributed by atoms with E-state index in [-0.39, 0.29) is 17.5 Å². The summed E-state index contributed by atoms with van der Waals surface area (Å²) in [5.74, 6) is 0.0512. The molecule has 1 fully saturated rings. The molecule has 1 saturated heterocycles. The van der Waals surface area contributed by atoms with E-state index in [1.165, 1.54) is 6.07 Å². The van der Waals surface area contributed by atoms with Crippen molar-refractivity contribution in [1.29, 1.82) is 5.26 Å². The van der Waals surface area contributed by atoms with Gasteiger partial charge >= 0.3 is 6.29 Å². The van der Waals surface area contributed by atoms with Gasteiger partial charge in [-0.1, -0.05) is 6.07 Å². The van der Waals surface area contributed by atoms with Crippen LogP contribution in [0.1, 0.15) is 18.0 Å². The zero-order chi connectivity index (χ0) is 14.9. The number of alkyl halides is 2. The summed E-state index contributed by atoms with van der Waals surface area (Å²) in [5, 5.41) is 12.3. The SMILES string of the molecule is N#CC[C@H](c1ccc2c(c1)OC(F)(F)O2)N1CCNCC1. The van der Waals surface area contributed by atoms with Gasteiger partial charge in [-0.15, -0.1) is 8.78 Å². The maximum absolute atomic E-state index is 13.1. The highest BCUT2D eigenvalue weighted by Gasteiger charge is 2.43. The first-order valence-corrected chi connectivity index (χ1v) is 6.80. The van der Waals surface area contributed by atoms with E-state index < -0.39 is 6.29 Å². The molecule has 0 aromatic heterocycles. The smallest absolute Gasteiger partial charge is 0.395 e. The summed E-state index contributed by atoms with van der Waals surface area (Å²) in [7, 11) is 0. The molecule has 0 unspecified atom stereocenters. The number of hydrogen-bond donors (Lipinski definition) is 1. The van der Waals surface area contributed by atoms with Crippen LogP contribution in [0.4, 0.5) is 8.78 Å². The van der Waals surface area contributed by atoms with Gasteiger partial charge in [-0.2, -0.15) is 5.26 Å². The normalized spacial score (nSPS) is 21.8. The van der Waals surface area contributed by atoms with Crippen LogP contribution in [-0.4, -0.2) is 37.4 Å². The van der Waals surface area contributed by atoms with Crippen molar-refractivity contribution in [2.24, 2.45) is 0 Å². The molecule has 0 saturated carbocycles. The largest absolute Gasteiger partial charge is 0.586 e. The van der Waals surface area contributed by atoms with E-state index in [1.54, 1.807) is 12.1 Å². The topological polar surface area (TPSA) is 57.5 Å². The van der Waals surface area contributed by atoms with Gasteiger partial charge in [0.15, 0.2) is 11.5 Å². The summed E-state index contributed by atoms with van der Waals surface area (Å²) in [5.41, 5.74) is 0.790. The molecule has 5 nitrogen and oxygen atoms in total. The zero-order valence-electron chi connectivity index (χ0n) is 11.3. The minimum atomic E-state index is -3.61. The number of hydrogen-bond acceptors (Lipinski definition) is 5. The lowest BCUT2D eigenvalue weighted by molar-refractivity contribution is -0.286. The molecular weight excluding hydrogens is 280 g/mol. The fourth-order valence-electron chi connectivity index (χ4n) is 2.71. The average molecular weight is 295 g/mol. The summed E-state index contributed by atoms with van der Waals surface area (Å²) < 4.78 is 35.0. The predicted molar refractivity (Wildman–Crippen MR) is 70.1 cm³/mol. The molecule has 0 amide bonds. The number of nitrogens with one attached hydrogen (secondary N) is 1. The number of nitrogens with zero attached hydrogens (tertiary/aromatic N) is 2. The van der Waals surface area contributed by atoms with E-state index in [9.17, 15) is 8.78 Å². The molecule has 2 aliphatic rings. The van der Waals surface area contributed by atoms with Crippen LogP contribution in [0.3, 0.4) is 0 Å². The zero-order valence-corrected chi connectivity index (χ0v) is 11.3. The Morgan fingerprint density at radius 3 is 2.71 bits per heavy atom. The highest BCUT2D eigenvalue weighted by molar-refractivity contribution is 5.46. The Bertz CT molecular complexity index is 568. The standard InChI is InChI=1S/C14H15F2N3O2/c15-14(16)20-12-2-1-10(9-13(12)21-14)11(3-4-17)19-7-5-18-6-8-19/h1-2,9,11,18H,3,5-8H2/t11-/m1/s1. The molecule has 1 aromatic carbocycles. The summed E-state index contributed by atoms with van der Waals surface area (Å²) in [6, 6.07) is 6.77. The van der Waals surface area contributed by atoms with Gasteiger partial charge in [0.05, 0.1) is 12.5 Å². The van der Waals surface area contributed by atoms with Crippen molar-refractivity contribution in [3.63, 3.8) is 0 Å². The number of benzene rings is 1. The number of rotatable bonds is 3. The number of halogens is 2. The maximum Gasteiger partial charge on any atom is 0.586 e. The quantitative estimate of drug-likeness (QED) is 0.922. The summed E-state index contributed by atoms with van der Waals surface area (Å²) >= 11 is 0. The van der Waals surface area contributed by atoms with Crippen molar-refractivity contribution >= 4 is 0 Å². The van der Waals surface area contributed by atoms with E-state index in [0.29, 0.717) is 6.42 Å². The van der Waals surface area contributed by atoms with Crippen LogP contribution in [-0.2, 0) is 0 Å². The van der Waals surface area contributed by atoms with E-state index in [1.807, 2.05) is 0 Å². The predicted octanol–water partition coefficient (Wildman–Crippen LogP) is 1.87. The lowest BCUT2D eigenvalue weighted by Crippen LogP contribution is -2.45. The van der Waals surface area contributed by atoms with Gasteiger partial charge in [-0.25, -0.2) is 0 Å². The molecule has 0 bridgehead atoms. The number of piperazine rings is 1. The molecule has 0 radical (unpaired) electrons. The summed E-state index contributed by atoms with van der Waals surface area (Å²) in [4.78, 5) is 2.18. The maximum atomic E-state index is 13.1. The van der Waals surface area contributed by atoms with Crippen LogP contribution in [0.25, 0.3) is 0 Å². The minimum Gasteiger partial charge on any atom is -0.395 e. The molecule has 112 valence electrons. The second kappa shape index (κ2) is 5.47. The monoisotopic (exact) mass is 295 g/mol. The van der Waals surface area contributed by atoms with Crippen molar-refractivity contribution < 1.29 is 18.3 Å². The van der Waals surface area contributed by atoms with Crippen molar-refractivity contribution in [3.8, 4) is 17.6 Å². The Balaban J connectivity index is 1.85. The molecule has 1 N–H and O–H groups in total. The van der Waals surface area contributed by atoms with Gasteiger partial charge in [-0.05, 0) is 17.7 Å². The molecule has 7 heteroatoms. The third-order valence-corrected chi connectivity index (χ3v) is 3.69. The molecule has 0 aliphatic carbocycles. The molecule has 1 atom stereocenters. The third kappa shape index (κ3) is 2.91. The highest BCUT2D eigenvalue weighted by atomic mass is 19.3. The van der Waals surface area contributed by atoms with Gasteiger partial charge in [0.1, 0.15) is 0 Å². The molecule has 21 heavy (non-hydrogen) atoms. The first-order valence-electron chi connectivity index (χ1n) is 6.80. The van der Waals surface area contributed by atoms with Crippen molar-refractivity contribution in [3.05, 3.63) is 23.8 Å². The molecular formula is C14H15F2N3O2. The molecule has 3 rings (SSSR count). The Morgan fingerprint density at radius 1 is 1.29 bits per heavy atom. The van der Waals surface area contributed by atoms with E-state index >= 15 is 0 Å². The van der Waals surface area contributed by atoms with Crippen LogP contribution >= 0.6 is 0 Å². The van der Waals surface area contributed by atoms with Crippen LogP contribution in [0, 0.1) is 11.3 Å². The molecule has 2 heterocycles. The lowest BCUT2D eigenvalue weighted by atomic mass is 10.0. The van der Waals surface area contributed by atoms with Crippen molar-refractivity contribution in [1.82, 2.24) is 10.2 Å². The van der Waals surface area contributed by atoms with E-state index in [0.717, 1.165) is 31.7 Å². The molecule has 1 aromatic rings. The third-order valence-electron chi connectivity index (χ3n) is 3.69. The van der Waals surface area contributed by atoms with Crippen LogP contribution in [0.2, 0.25) is 0 Å². The first kappa shape index (κ1) is 14.0. The van der Waals surface area contributed by atoms with Gasteiger partial charge < -0.3 is 14.8 Å². The second-order valence-electron chi connectivity index (χ2n) is 5.04. The van der Waals surface area contributed by atoms with Crippen molar-refractivity contribution in [2.75, 3.05) is 26.2 Å².